The first kappa shape index (κ1) is 14.0. The van der Waals surface area contributed by atoms with Crippen molar-refractivity contribution in [2.45, 2.75) is 26.3 Å². The van der Waals surface area contributed by atoms with Gasteiger partial charge in [0.15, 0.2) is 0 Å². The fraction of sp³-hybridized carbons (Fsp3) is 0.615. The van der Waals surface area contributed by atoms with Crippen LogP contribution in [-0.2, 0) is 11.3 Å². The molecule has 0 radical (unpaired) electrons. The van der Waals surface area contributed by atoms with E-state index in [9.17, 15) is 4.79 Å². The van der Waals surface area contributed by atoms with Crippen LogP contribution in [0, 0.1) is 5.92 Å². The van der Waals surface area contributed by atoms with Gasteiger partial charge in [0.25, 0.3) is 0 Å². The molecule has 5 heteroatoms. The fourth-order valence-electron chi connectivity index (χ4n) is 2.29. The van der Waals surface area contributed by atoms with Crippen molar-refractivity contribution in [3.05, 3.63) is 20.8 Å². The Balaban J connectivity index is 1.96. The van der Waals surface area contributed by atoms with Crippen molar-refractivity contribution in [1.82, 2.24) is 10.2 Å². The Bertz CT molecular complexity index is 401. The van der Waals surface area contributed by atoms with E-state index in [1.165, 1.54) is 4.88 Å². The lowest BCUT2D eigenvalue weighted by Gasteiger charge is -2.28. The molecule has 1 N–H and O–H groups in total. The number of nitrogens with zero attached hydrogens (tertiary/aromatic N) is 1. The lowest BCUT2D eigenvalue weighted by Crippen LogP contribution is -2.42. The number of hydrogen-bond acceptors (Lipinski definition) is 3. The van der Waals surface area contributed by atoms with Crippen molar-refractivity contribution in [3.63, 3.8) is 0 Å². The molecule has 1 atom stereocenters. The van der Waals surface area contributed by atoms with E-state index < -0.39 is 0 Å². The third-order valence-corrected chi connectivity index (χ3v) is 4.92. The number of amides is 1. The van der Waals surface area contributed by atoms with Crippen LogP contribution >= 0.6 is 27.3 Å². The van der Waals surface area contributed by atoms with Gasteiger partial charge in [0.05, 0.1) is 16.2 Å². The molecule has 3 nitrogen and oxygen atoms in total. The molecule has 2 rings (SSSR count). The van der Waals surface area contributed by atoms with E-state index in [4.69, 9.17) is 0 Å². The fourth-order valence-corrected chi connectivity index (χ4v) is 3.79. The van der Waals surface area contributed by atoms with Gasteiger partial charge in [0.2, 0.25) is 5.91 Å². The van der Waals surface area contributed by atoms with Crippen molar-refractivity contribution in [1.29, 1.82) is 0 Å². The molecule has 0 saturated carbocycles. The predicted molar refractivity (Wildman–Crippen MR) is 78.7 cm³/mol. The maximum absolute atomic E-state index is 12.4. The standard InChI is InChI=1S/C13H19BrN2OS/c1-2-16(9-11-5-6-12(14)18-11)13(17)10-4-3-7-15-8-10/h5-6,10,15H,2-4,7-9H2,1H3. The molecule has 100 valence electrons. The summed E-state index contributed by atoms with van der Waals surface area (Å²) < 4.78 is 1.13. The van der Waals surface area contributed by atoms with Gasteiger partial charge < -0.3 is 10.2 Å². The van der Waals surface area contributed by atoms with Gasteiger partial charge in [-0.2, -0.15) is 0 Å². The van der Waals surface area contributed by atoms with Crippen LogP contribution in [0.5, 0.6) is 0 Å². The van der Waals surface area contributed by atoms with Crippen LogP contribution in [-0.4, -0.2) is 30.4 Å². The highest BCUT2D eigenvalue weighted by Gasteiger charge is 2.25. The smallest absolute Gasteiger partial charge is 0.227 e. The van der Waals surface area contributed by atoms with Crippen molar-refractivity contribution in [2.75, 3.05) is 19.6 Å². The van der Waals surface area contributed by atoms with Gasteiger partial charge in [-0.25, -0.2) is 0 Å². The van der Waals surface area contributed by atoms with Crippen LogP contribution in [0.25, 0.3) is 0 Å². The van der Waals surface area contributed by atoms with Crippen molar-refractivity contribution in [3.8, 4) is 0 Å². The van der Waals surface area contributed by atoms with Gasteiger partial charge in [-0.15, -0.1) is 11.3 Å². The molecule has 1 saturated heterocycles. The minimum atomic E-state index is 0.169. The summed E-state index contributed by atoms with van der Waals surface area (Å²) in [5.41, 5.74) is 0. The summed E-state index contributed by atoms with van der Waals surface area (Å²) in [6, 6.07) is 4.13. The number of nitrogens with one attached hydrogen (secondary N) is 1. The number of piperidine rings is 1. The van der Waals surface area contributed by atoms with Gasteiger partial charge >= 0.3 is 0 Å². The molecule has 0 aromatic carbocycles. The number of carbonyl (C=O) groups excluding carboxylic acids is 1. The summed E-state index contributed by atoms with van der Waals surface area (Å²) in [5.74, 6) is 0.469. The zero-order chi connectivity index (χ0) is 13.0. The van der Waals surface area contributed by atoms with E-state index in [0.29, 0.717) is 5.91 Å². The summed E-state index contributed by atoms with van der Waals surface area (Å²) in [7, 11) is 0. The van der Waals surface area contributed by atoms with Gasteiger partial charge in [-0.1, -0.05) is 0 Å². The number of rotatable bonds is 4. The first-order valence-corrected chi connectivity index (χ1v) is 8.05. The first-order chi connectivity index (χ1) is 8.70. The zero-order valence-electron chi connectivity index (χ0n) is 10.6. The Hall–Kier alpha value is -0.390. The zero-order valence-corrected chi connectivity index (χ0v) is 13.0. The van der Waals surface area contributed by atoms with E-state index in [2.05, 4.69) is 34.2 Å². The molecule has 1 aromatic rings. The summed E-state index contributed by atoms with van der Waals surface area (Å²) in [6.45, 7) is 5.46. The van der Waals surface area contributed by atoms with Crippen LogP contribution < -0.4 is 5.32 Å². The number of carbonyl (C=O) groups is 1. The Labute approximate surface area is 121 Å². The molecule has 18 heavy (non-hydrogen) atoms. The SMILES string of the molecule is CCN(Cc1ccc(Br)s1)C(=O)C1CCCNC1. The van der Waals surface area contributed by atoms with E-state index >= 15 is 0 Å². The topological polar surface area (TPSA) is 32.3 Å². The van der Waals surface area contributed by atoms with Gasteiger partial charge in [-0.05, 0) is 54.4 Å². The van der Waals surface area contributed by atoms with E-state index in [1.54, 1.807) is 11.3 Å². The Morgan fingerprint density at radius 1 is 1.61 bits per heavy atom. The molecule has 1 unspecified atom stereocenters. The number of hydrogen-bond donors (Lipinski definition) is 1. The highest BCUT2D eigenvalue weighted by atomic mass is 79.9. The predicted octanol–water partition coefficient (Wildman–Crippen LogP) is 2.86. The second-order valence-electron chi connectivity index (χ2n) is 4.60. The summed E-state index contributed by atoms with van der Waals surface area (Å²) in [6.07, 6.45) is 2.13. The minimum Gasteiger partial charge on any atom is -0.338 e. The summed E-state index contributed by atoms with van der Waals surface area (Å²) >= 11 is 5.17. The van der Waals surface area contributed by atoms with Crippen LogP contribution in [0.1, 0.15) is 24.6 Å². The molecule has 0 spiro atoms. The lowest BCUT2D eigenvalue weighted by molar-refractivity contribution is -0.136. The van der Waals surface area contributed by atoms with Gasteiger partial charge in [0, 0.05) is 18.0 Å². The quantitative estimate of drug-likeness (QED) is 0.920. The third kappa shape index (κ3) is 3.56. The molecular formula is C13H19BrN2OS. The third-order valence-electron chi connectivity index (χ3n) is 3.32. The molecule has 1 aliphatic heterocycles. The molecule has 1 aromatic heterocycles. The lowest BCUT2D eigenvalue weighted by atomic mass is 9.98. The second kappa shape index (κ2) is 6.68. The summed E-state index contributed by atoms with van der Waals surface area (Å²) in [5, 5.41) is 3.31. The molecule has 2 heterocycles. The number of thiophene rings is 1. The first-order valence-electron chi connectivity index (χ1n) is 6.44. The highest BCUT2D eigenvalue weighted by Crippen LogP contribution is 2.24. The minimum absolute atomic E-state index is 0.169. The molecule has 1 fully saturated rings. The highest BCUT2D eigenvalue weighted by molar-refractivity contribution is 9.11. The number of halogens is 1. The normalized spacial score (nSPS) is 19.8. The maximum Gasteiger partial charge on any atom is 0.227 e. The van der Waals surface area contributed by atoms with Crippen LogP contribution in [0.2, 0.25) is 0 Å². The van der Waals surface area contributed by atoms with Gasteiger partial charge in [-0.3, -0.25) is 4.79 Å². The Morgan fingerprint density at radius 3 is 3.00 bits per heavy atom. The van der Waals surface area contributed by atoms with Crippen LogP contribution in [0.4, 0.5) is 0 Å². The Morgan fingerprint density at radius 2 is 2.44 bits per heavy atom. The molecule has 1 amide bonds. The summed E-state index contributed by atoms with van der Waals surface area (Å²) in [4.78, 5) is 15.6. The Kier molecular flexibility index (Phi) is 5.21. The van der Waals surface area contributed by atoms with Crippen LogP contribution in [0.15, 0.2) is 15.9 Å². The van der Waals surface area contributed by atoms with Crippen molar-refractivity contribution < 1.29 is 4.79 Å². The van der Waals surface area contributed by atoms with Crippen molar-refractivity contribution >= 4 is 33.2 Å². The average molecular weight is 331 g/mol. The van der Waals surface area contributed by atoms with E-state index in [1.807, 2.05) is 11.0 Å². The molecular weight excluding hydrogens is 312 g/mol. The molecule has 0 aliphatic carbocycles. The average Bonchev–Trinajstić information content (AvgIpc) is 2.82. The monoisotopic (exact) mass is 330 g/mol. The van der Waals surface area contributed by atoms with E-state index in [0.717, 1.165) is 42.8 Å². The van der Waals surface area contributed by atoms with E-state index in [-0.39, 0.29) is 5.92 Å². The van der Waals surface area contributed by atoms with Crippen molar-refractivity contribution in [2.24, 2.45) is 5.92 Å². The molecule has 0 bridgehead atoms. The second-order valence-corrected chi connectivity index (χ2v) is 7.15. The largest absolute Gasteiger partial charge is 0.338 e. The molecule has 1 aliphatic rings. The van der Waals surface area contributed by atoms with Crippen LogP contribution in [0.3, 0.4) is 0 Å². The maximum atomic E-state index is 12.4. The van der Waals surface area contributed by atoms with Gasteiger partial charge in [0.1, 0.15) is 0 Å².